The Morgan fingerprint density at radius 1 is 1.21 bits per heavy atom. The molecule has 104 valence electrons. The van der Waals surface area contributed by atoms with Crippen LogP contribution in [0.15, 0.2) is 42.0 Å². The molecule has 1 atom stereocenters. The van der Waals surface area contributed by atoms with Gasteiger partial charge < -0.3 is 5.11 Å². The second kappa shape index (κ2) is 5.57. The Kier molecular flexibility index (Phi) is 4.52. The van der Waals surface area contributed by atoms with E-state index in [-0.39, 0.29) is 5.56 Å². The summed E-state index contributed by atoms with van der Waals surface area (Å²) >= 11 is 0. The van der Waals surface area contributed by atoms with Gasteiger partial charge in [-0.15, -0.1) is 0 Å². The largest absolute Gasteiger partial charge is 0.421 e. The minimum atomic E-state index is -4.92. The fraction of sp³-hybridized carbons (Fsp3) is 0.357. The summed E-state index contributed by atoms with van der Waals surface area (Å²) in [4.78, 5) is 11.6. The molecule has 1 rings (SSSR count). The standard InChI is InChI=1S/C14H15F3O2/c1-10(2)8-12(18)9-13(19,14(15,16)17)11-6-4-3-5-7-11/h3-8,19H,9H2,1-2H3/t13-/m1/s1. The van der Waals surface area contributed by atoms with Crippen LogP contribution >= 0.6 is 0 Å². The van der Waals surface area contributed by atoms with Gasteiger partial charge in [-0.05, 0) is 25.5 Å². The lowest BCUT2D eigenvalue weighted by atomic mass is 9.87. The Morgan fingerprint density at radius 3 is 2.16 bits per heavy atom. The van der Waals surface area contributed by atoms with Crippen molar-refractivity contribution >= 4 is 5.78 Å². The van der Waals surface area contributed by atoms with Gasteiger partial charge in [0, 0.05) is 0 Å². The summed E-state index contributed by atoms with van der Waals surface area (Å²) in [6.07, 6.45) is -4.84. The lowest BCUT2D eigenvalue weighted by Gasteiger charge is -2.30. The molecule has 1 N–H and O–H groups in total. The first kappa shape index (κ1) is 15.4. The summed E-state index contributed by atoms with van der Waals surface area (Å²) < 4.78 is 39.2. The molecule has 0 aromatic heterocycles. The van der Waals surface area contributed by atoms with E-state index in [4.69, 9.17) is 0 Å². The molecular weight excluding hydrogens is 257 g/mol. The van der Waals surface area contributed by atoms with Gasteiger partial charge in [0.2, 0.25) is 0 Å². The van der Waals surface area contributed by atoms with Gasteiger partial charge in [0.15, 0.2) is 11.4 Å². The second-order valence-corrected chi connectivity index (χ2v) is 4.59. The van der Waals surface area contributed by atoms with Crippen LogP contribution in [0, 0.1) is 0 Å². The van der Waals surface area contributed by atoms with Crippen LogP contribution in [0.3, 0.4) is 0 Å². The zero-order valence-corrected chi connectivity index (χ0v) is 10.7. The van der Waals surface area contributed by atoms with Crippen LogP contribution in [0.2, 0.25) is 0 Å². The molecule has 0 bridgehead atoms. The molecule has 5 heteroatoms. The number of alkyl halides is 3. The Balaban J connectivity index is 3.16. The van der Waals surface area contributed by atoms with Crippen molar-refractivity contribution in [1.82, 2.24) is 0 Å². The molecule has 0 amide bonds. The van der Waals surface area contributed by atoms with Gasteiger partial charge in [-0.2, -0.15) is 13.2 Å². The third kappa shape index (κ3) is 3.67. The normalized spacial score (nSPS) is 14.6. The first-order chi connectivity index (χ1) is 8.67. The van der Waals surface area contributed by atoms with Crippen molar-refractivity contribution in [2.45, 2.75) is 32.0 Å². The van der Waals surface area contributed by atoms with Crippen LogP contribution in [-0.4, -0.2) is 17.1 Å². The van der Waals surface area contributed by atoms with E-state index in [2.05, 4.69) is 0 Å². The Morgan fingerprint density at radius 2 is 1.74 bits per heavy atom. The number of hydrogen-bond donors (Lipinski definition) is 1. The monoisotopic (exact) mass is 272 g/mol. The third-order valence-electron chi connectivity index (χ3n) is 2.60. The van der Waals surface area contributed by atoms with E-state index < -0.39 is 24.0 Å². The van der Waals surface area contributed by atoms with Crippen molar-refractivity contribution in [1.29, 1.82) is 0 Å². The smallest absolute Gasteiger partial charge is 0.376 e. The highest BCUT2D eigenvalue weighted by atomic mass is 19.4. The summed E-state index contributed by atoms with van der Waals surface area (Å²) in [6.45, 7) is 3.21. The first-order valence-corrected chi connectivity index (χ1v) is 5.69. The van der Waals surface area contributed by atoms with Gasteiger partial charge in [0.05, 0.1) is 6.42 Å². The molecule has 19 heavy (non-hydrogen) atoms. The summed E-state index contributed by atoms with van der Waals surface area (Å²) in [7, 11) is 0. The molecule has 1 aromatic rings. The highest BCUT2D eigenvalue weighted by Crippen LogP contribution is 2.41. The molecule has 0 heterocycles. The number of ketones is 1. The van der Waals surface area contributed by atoms with E-state index in [0.29, 0.717) is 5.57 Å². The van der Waals surface area contributed by atoms with Crippen LogP contribution in [0.4, 0.5) is 13.2 Å². The molecule has 1 aromatic carbocycles. The predicted molar refractivity (Wildman–Crippen MR) is 65.4 cm³/mol. The van der Waals surface area contributed by atoms with Gasteiger partial charge in [0.25, 0.3) is 0 Å². The van der Waals surface area contributed by atoms with Crippen molar-refractivity contribution < 1.29 is 23.1 Å². The summed E-state index contributed by atoms with van der Waals surface area (Å²) in [5, 5.41) is 9.93. The highest BCUT2D eigenvalue weighted by molar-refractivity contribution is 5.91. The first-order valence-electron chi connectivity index (χ1n) is 5.69. The lowest BCUT2D eigenvalue weighted by Crippen LogP contribution is -2.43. The molecule has 0 spiro atoms. The maximum atomic E-state index is 13.1. The number of hydrogen-bond acceptors (Lipinski definition) is 2. The average Bonchev–Trinajstić information content (AvgIpc) is 2.27. The molecule has 0 unspecified atom stereocenters. The predicted octanol–water partition coefficient (Wildman–Crippen LogP) is 3.36. The fourth-order valence-electron chi connectivity index (χ4n) is 1.70. The fourth-order valence-corrected chi connectivity index (χ4v) is 1.70. The van der Waals surface area contributed by atoms with Gasteiger partial charge in [-0.3, -0.25) is 4.79 Å². The number of halogens is 3. The van der Waals surface area contributed by atoms with E-state index in [1.165, 1.54) is 18.2 Å². The van der Waals surface area contributed by atoms with Gasteiger partial charge in [-0.25, -0.2) is 0 Å². The van der Waals surface area contributed by atoms with E-state index in [1.807, 2.05) is 0 Å². The Hall–Kier alpha value is -1.62. The number of carbonyl (C=O) groups excluding carboxylic acids is 1. The number of rotatable bonds is 4. The maximum Gasteiger partial charge on any atom is 0.421 e. The molecular formula is C14H15F3O2. The van der Waals surface area contributed by atoms with Crippen molar-refractivity contribution in [3.05, 3.63) is 47.5 Å². The lowest BCUT2D eigenvalue weighted by molar-refractivity contribution is -0.266. The molecule has 0 fully saturated rings. The average molecular weight is 272 g/mol. The zero-order valence-electron chi connectivity index (χ0n) is 10.7. The Labute approximate surface area is 109 Å². The van der Waals surface area contributed by atoms with Crippen molar-refractivity contribution in [2.24, 2.45) is 0 Å². The van der Waals surface area contributed by atoms with E-state index in [1.54, 1.807) is 13.8 Å². The maximum absolute atomic E-state index is 13.1. The summed E-state index contributed by atoms with van der Waals surface area (Å²) in [5.41, 5.74) is -2.90. The topological polar surface area (TPSA) is 37.3 Å². The van der Waals surface area contributed by atoms with Crippen LogP contribution in [0.5, 0.6) is 0 Å². The van der Waals surface area contributed by atoms with Crippen molar-refractivity contribution in [2.75, 3.05) is 0 Å². The quantitative estimate of drug-likeness (QED) is 0.853. The van der Waals surface area contributed by atoms with Crippen LogP contribution in [0.25, 0.3) is 0 Å². The minimum absolute atomic E-state index is 0.335. The van der Waals surface area contributed by atoms with E-state index >= 15 is 0 Å². The van der Waals surface area contributed by atoms with Crippen molar-refractivity contribution in [3.8, 4) is 0 Å². The molecule has 2 nitrogen and oxygen atoms in total. The number of benzene rings is 1. The van der Waals surface area contributed by atoms with Gasteiger partial charge in [0.1, 0.15) is 0 Å². The van der Waals surface area contributed by atoms with Gasteiger partial charge >= 0.3 is 6.18 Å². The highest BCUT2D eigenvalue weighted by Gasteiger charge is 2.55. The molecule has 0 radical (unpaired) electrons. The third-order valence-corrected chi connectivity index (χ3v) is 2.60. The van der Waals surface area contributed by atoms with E-state index in [0.717, 1.165) is 18.2 Å². The molecule has 0 aliphatic carbocycles. The van der Waals surface area contributed by atoms with E-state index in [9.17, 15) is 23.1 Å². The van der Waals surface area contributed by atoms with Crippen LogP contribution < -0.4 is 0 Å². The molecule has 0 saturated heterocycles. The number of allylic oxidation sites excluding steroid dienone is 2. The molecule has 0 saturated carbocycles. The van der Waals surface area contributed by atoms with Crippen molar-refractivity contribution in [3.63, 3.8) is 0 Å². The SMILES string of the molecule is CC(C)=CC(=O)C[C@@](O)(c1ccccc1)C(F)(F)F. The zero-order chi connectivity index (χ0) is 14.7. The number of aliphatic hydroxyl groups is 1. The second-order valence-electron chi connectivity index (χ2n) is 4.59. The Bertz CT molecular complexity index is 473. The molecule has 0 aliphatic heterocycles. The van der Waals surface area contributed by atoms with Gasteiger partial charge in [-0.1, -0.05) is 35.9 Å². The number of carbonyl (C=O) groups is 1. The van der Waals surface area contributed by atoms with Crippen LogP contribution in [-0.2, 0) is 10.4 Å². The minimum Gasteiger partial charge on any atom is -0.376 e. The van der Waals surface area contributed by atoms with Crippen LogP contribution in [0.1, 0.15) is 25.8 Å². The molecule has 0 aliphatic rings. The summed E-state index contributed by atoms with van der Waals surface area (Å²) in [6, 6.07) is 6.62. The summed E-state index contributed by atoms with van der Waals surface area (Å²) in [5.74, 6) is -0.760.